The molecule has 0 aliphatic rings. The van der Waals surface area contributed by atoms with E-state index in [-0.39, 0.29) is 0 Å². The molecule has 1 aromatic rings. The normalized spacial score (nSPS) is 10.2. The lowest BCUT2D eigenvalue weighted by molar-refractivity contribution is 0.411. The van der Waals surface area contributed by atoms with Gasteiger partial charge in [-0.05, 0) is 26.3 Å². The fraction of sp³-hybridized carbons (Fsp3) is 0.625. The Kier molecular flexibility index (Phi) is 3.49. The molecule has 0 aliphatic carbocycles. The zero-order valence-electron chi connectivity index (χ0n) is 7.46. The smallest absolute Gasteiger partial charge is 0.273 e. The van der Waals surface area contributed by atoms with Crippen molar-refractivity contribution in [2.45, 2.75) is 19.8 Å². The number of rotatable bonds is 4. The molecule has 2 N–H and O–H groups in total. The van der Waals surface area contributed by atoms with Crippen LogP contribution in [0.25, 0.3) is 0 Å². The highest BCUT2D eigenvalue weighted by Crippen LogP contribution is 2.24. The van der Waals surface area contributed by atoms with Gasteiger partial charge in [0.25, 0.3) is 5.19 Å². The van der Waals surface area contributed by atoms with Gasteiger partial charge in [-0.1, -0.05) is 11.3 Å². The highest BCUT2D eigenvalue weighted by atomic mass is 32.1. The van der Waals surface area contributed by atoms with Crippen molar-refractivity contribution in [3.05, 3.63) is 10.6 Å². The number of ether oxygens (including phenoxy) is 1. The monoisotopic (exact) mass is 186 g/mol. The van der Waals surface area contributed by atoms with Crippen LogP contribution >= 0.6 is 11.3 Å². The van der Waals surface area contributed by atoms with Crippen LogP contribution in [0, 0.1) is 6.92 Å². The van der Waals surface area contributed by atoms with Gasteiger partial charge in [0.1, 0.15) is 0 Å². The molecule has 0 aromatic carbocycles. The summed E-state index contributed by atoms with van der Waals surface area (Å²) >= 11 is 1.61. The van der Waals surface area contributed by atoms with Crippen LogP contribution in [-0.2, 0) is 6.42 Å². The predicted octanol–water partition coefficient (Wildman–Crippen LogP) is 1.35. The number of aryl methyl sites for hydroxylation is 2. The quantitative estimate of drug-likeness (QED) is 0.772. The minimum absolute atomic E-state index is 0.736. The molecule has 0 radical (unpaired) electrons. The van der Waals surface area contributed by atoms with Crippen LogP contribution in [-0.4, -0.2) is 18.6 Å². The minimum Gasteiger partial charge on any atom is -0.473 e. The molecule has 12 heavy (non-hydrogen) atoms. The Morgan fingerprint density at radius 2 is 2.33 bits per heavy atom. The molecule has 0 atom stereocenters. The molecule has 4 heteroatoms. The molecule has 0 bridgehead atoms. The average molecular weight is 186 g/mol. The molecule has 1 aromatic heterocycles. The van der Waals surface area contributed by atoms with Crippen molar-refractivity contribution in [3.63, 3.8) is 0 Å². The van der Waals surface area contributed by atoms with E-state index in [2.05, 4.69) is 4.98 Å². The van der Waals surface area contributed by atoms with Crippen LogP contribution in [0.4, 0.5) is 0 Å². The van der Waals surface area contributed by atoms with Crippen molar-refractivity contribution >= 4 is 11.3 Å². The summed E-state index contributed by atoms with van der Waals surface area (Å²) in [6.07, 6.45) is 2.04. The van der Waals surface area contributed by atoms with E-state index in [1.807, 2.05) is 6.92 Å². The van der Waals surface area contributed by atoms with Crippen molar-refractivity contribution in [1.29, 1.82) is 0 Å². The lowest BCUT2D eigenvalue weighted by Gasteiger charge is -1.93. The SMILES string of the molecule is COc1nc(C)c(CCCN)s1. The van der Waals surface area contributed by atoms with Crippen molar-refractivity contribution in [3.8, 4) is 5.19 Å². The van der Waals surface area contributed by atoms with E-state index in [9.17, 15) is 0 Å². The molecule has 1 heterocycles. The van der Waals surface area contributed by atoms with Gasteiger partial charge in [0.05, 0.1) is 12.8 Å². The summed E-state index contributed by atoms with van der Waals surface area (Å²) in [5, 5.41) is 0.750. The fourth-order valence-electron chi connectivity index (χ4n) is 0.983. The lowest BCUT2D eigenvalue weighted by Crippen LogP contribution is -1.99. The van der Waals surface area contributed by atoms with E-state index in [0.29, 0.717) is 0 Å². The Labute approximate surface area is 76.6 Å². The first kappa shape index (κ1) is 9.48. The maximum absolute atomic E-state index is 5.42. The lowest BCUT2D eigenvalue weighted by atomic mass is 10.2. The summed E-state index contributed by atoms with van der Waals surface area (Å²) in [6.45, 7) is 2.74. The first-order valence-electron chi connectivity index (χ1n) is 3.98. The number of nitrogens with zero attached hydrogens (tertiary/aromatic N) is 1. The average Bonchev–Trinajstić information content (AvgIpc) is 2.43. The first-order valence-corrected chi connectivity index (χ1v) is 4.80. The zero-order valence-corrected chi connectivity index (χ0v) is 8.28. The Morgan fingerprint density at radius 3 is 2.83 bits per heavy atom. The van der Waals surface area contributed by atoms with Crippen molar-refractivity contribution < 1.29 is 4.74 Å². The second-order valence-corrected chi connectivity index (χ2v) is 3.63. The van der Waals surface area contributed by atoms with Gasteiger partial charge in [0.2, 0.25) is 0 Å². The molecule has 68 valence electrons. The molecule has 3 nitrogen and oxygen atoms in total. The van der Waals surface area contributed by atoms with Gasteiger partial charge < -0.3 is 10.5 Å². The second kappa shape index (κ2) is 4.42. The van der Waals surface area contributed by atoms with Gasteiger partial charge in [-0.25, -0.2) is 4.98 Å². The van der Waals surface area contributed by atoms with Crippen molar-refractivity contribution in [2.75, 3.05) is 13.7 Å². The van der Waals surface area contributed by atoms with E-state index >= 15 is 0 Å². The van der Waals surface area contributed by atoms with Crippen LogP contribution in [0.2, 0.25) is 0 Å². The van der Waals surface area contributed by atoms with E-state index in [4.69, 9.17) is 10.5 Å². The number of hydrogen-bond acceptors (Lipinski definition) is 4. The maximum atomic E-state index is 5.42. The summed E-state index contributed by atoms with van der Waals surface area (Å²) in [5.74, 6) is 0. The van der Waals surface area contributed by atoms with Crippen LogP contribution in [0.15, 0.2) is 0 Å². The van der Waals surface area contributed by atoms with Gasteiger partial charge in [-0.2, -0.15) is 0 Å². The Bertz CT molecular complexity index is 247. The molecular formula is C8H14N2OS. The topological polar surface area (TPSA) is 48.1 Å². The number of aromatic nitrogens is 1. The molecule has 0 unspecified atom stereocenters. The third kappa shape index (κ3) is 2.19. The molecular weight excluding hydrogens is 172 g/mol. The molecule has 0 aliphatic heterocycles. The van der Waals surface area contributed by atoms with Gasteiger partial charge in [0.15, 0.2) is 0 Å². The third-order valence-corrected chi connectivity index (χ3v) is 2.83. The van der Waals surface area contributed by atoms with Crippen molar-refractivity contribution in [1.82, 2.24) is 4.98 Å². The van der Waals surface area contributed by atoms with E-state index in [0.717, 1.165) is 30.3 Å². The highest BCUT2D eigenvalue weighted by molar-refractivity contribution is 7.13. The number of hydrogen-bond donors (Lipinski definition) is 1. The summed E-state index contributed by atoms with van der Waals surface area (Å²) < 4.78 is 5.03. The highest BCUT2D eigenvalue weighted by Gasteiger charge is 2.06. The van der Waals surface area contributed by atoms with Gasteiger partial charge in [-0.15, -0.1) is 0 Å². The first-order chi connectivity index (χ1) is 5.77. The van der Waals surface area contributed by atoms with Gasteiger partial charge in [0, 0.05) is 4.88 Å². The maximum Gasteiger partial charge on any atom is 0.273 e. The molecule has 0 saturated heterocycles. The molecule has 0 saturated carbocycles. The second-order valence-electron chi connectivity index (χ2n) is 2.58. The summed E-state index contributed by atoms with van der Waals surface area (Å²) in [6, 6.07) is 0. The third-order valence-electron chi connectivity index (χ3n) is 1.66. The van der Waals surface area contributed by atoms with Crippen LogP contribution in [0.3, 0.4) is 0 Å². The predicted molar refractivity (Wildman–Crippen MR) is 50.8 cm³/mol. The molecule has 0 spiro atoms. The minimum atomic E-state index is 0.736. The fourth-order valence-corrected chi connectivity index (χ4v) is 1.90. The van der Waals surface area contributed by atoms with Crippen LogP contribution in [0.5, 0.6) is 5.19 Å². The number of nitrogens with two attached hydrogens (primary N) is 1. The molecule has 0 fully saturated rings. The molecule has 0 amide bonds. The molecule has 1 rings (SSSR count). The number of methoxy groups -OCH3 is 1. The summed E-state index contributed by atoms with van der Waals surface area (Å²) in [5.41, 5.74) is 6.49. The van der Waals surface area contributed by atoms with Gasteiger partial charge >= 0.3 is 0 Å². The van der Waals surface area contributed by atoms with Crippen LogP contribution < -0.4 is 10.5 Å². The summed E-state index contributed by atoms with van der Waals surface area (Å²) in [4.78, 5) is 5.53. The Morgan fingerprint density at radius 1 is 1.58 bits per heavy atom. The van der Waals surface area contributed by atoms with E-state index in [1.165, 1.54) is 4.88 Å². The van der Waals surface area contributed by atoms with Crippen LogP contribution in [0.1, 0.15) is 17.0 Å². The zero-order chi connectivity index (χ0) is 8.97. The van der Waals surface area contributed by atoms with E-state index in [1.54, 1.807) is 18.4 Å². The summed E-state index contributed by atoms with van der Waals surface area (Å²) in [7, 11) is 1.64. The van der Waals surface area contributed by atoms with E-state index < -0.39 is 0 Å². The Balaban J connectivity index is 2.64. The standard InChI is InChI=1S/C8H14N2OS/c1-6-7(4-3-5-9)12-8(10-6)11-2/h3-5,9H2,1-2H3. The van der Waals surface area contributed by atoms with Crippen molar-refractivity contribution in [2.24, 2.45) is 5.73 Å². The van der Waals surface area contributed by atoms with Gasteiger partial charge in [-0.3, -0.25) is 0 Å². The Hall–Kier alpha value is -0.610. The largest absolute Gasteiger partial charge is 0.473 e. The number of thiazole rings is 1.